The number of ether oxygens (including phenoxy) is 2. The van der Waals surface area contributed by atoms with Gasteiger partial charge in [-0.1, -0.05) is 56.9 Å². The van der Waals surface area contributed by atoms with Crippen molar-refractivity contribution < 1.29 is 19.4 Å². The van der Waals surface area contributed by atoms with Crippen LogP contribution >= 0.6 is 0 Å². The van der Waals surface area contributed by atoms with Gasteiger partial charge < -0.3 is 14.6 Å². The summed E-state index contributed by atoms with van der Waals surface area (Å²) in [5.41, 5.74) is 4.95. The van der Waals surface area contributed by atoms with E-state index in [9.17, 15) is 4.79 Å². The fourth-order valence-electron chi connectivity index (χ4n) is 6.05. The SMILES string of the molecule is CCCc1ccncc1-c1ccc(COC2CCC(N3CCCCCC3)C2OCCCCCC(=O)O)cc1. The Morgan fingerprint density at radius 3 is 2.53 bits per heavy atom. The van der Waals surface area contributed by atoms with Crippen LogP contribution in [0.3, 0.4) is 0 Å². The number of unbranched alkanes of at least 4 members (excludes halogenated alkanes) is 2. The molecule has 0 spiro atoms. The summed E-state index contributed by atoms with van der Waals surface area (Å²) in [5.74, 6) is -0.716. The summed E-state index contributed by atoms with van der Waals surface area (Å²) in [7, 11) is 0. The summed E-state index contributed by atoms with van der Waals surface area (Å²) in [6.07, 6.45) is 16.3. The Kier molecular flexibility index (Phi) is 11.6. The zero-order valence-electron chi connectivity index (χ0n) is 23.2. The lowest BCUT2D eigenvalue weighted by molar-refractivity contribution is -0.137. The van der Waals surface area contributed by atoms with Crippen molar-refractivity contribution in [3.05, 3.63) is 53.9 Å². The van der Waals surface area contributed by atoms with Crippen LogP contribution < -0.4 is 0 Å². The molecule has 0 bridgehead atoms. The first-order valence-corrected chi connectivity index (χ1v) is 14.9. The molecule has 2 aliphatic rings. The molecule has 208 valence electrons. The molecule has 38 heavy (non-hydrogen) atoms. The summed E-state index contributed by atoms with van der Waals surface area (Å²) in [6, 6.07) is 11.3. The van der Waals surface area contributed by atoms with E-state index in [1.165, 1.54) is 47.9 Å². The molecule has 2 fully saturated rings. The molecular formula is C32H46N2O4. The van der Waals surface area contributed by atoms with Crippen molar-refractivity contribution in [2.24, 2.45) is 0 Å². The van der Waals surface area contributed by atoms with Crippen LogP contribution in [0.25, 0.3) is 11.1 Å². The Balaban J connectivity index is 1.35. The van der Waals surface area contributed by atoms with Crippen LogP contribution in [0.2, 0.25) is 0 Å². The van der Waals surface area contributed by atoms with Crippen LogP contribution in [0.1, 0.15) is 88.7 Å². The van der Waals surface area contributed by atoms with E-state index >= 15 is 0 Å². The highest BCUT2D eigenvalue weighted by molar-refractivity contribution is 5.67. The monoisotopic (exact) mass is 522 g/mol. The smallest absolute Gasteiger partial charge is 0.303 e. The minimum Gasteiger partial charge on any atom is -0.481 e. The number of carboxylic acids is 1. The number of aliphatic carboxylic acids is 1. The second-order valence-electron chi connectivity index (χ2n) is 11.0. The summed E-state index contributed by atoms with van der Waals surface area (Å²) in [6.45, 7) is 5.79. The van der Waals surface area contributed by atoms with Gasteiger partial charge in [0, 0.05) is 37.0 Å². The van der Waals surface area contributed by atoms with Gasteiger partial charge in [-0.05, 0) is 80.8 Å². The van der Waals surface area contributed by atoms with Crippen LogP contribution in [0.4, 0.5) is 0 Å². The largest absolute Gasteiger partial charge is 0.481 e. The Hall–Kier alpha value is -2.28. The number of pyridine rings is 1. The van der Waals surface area contributed by atoms with Crippen molar-refractivity contribution in [3.8, 4) is 11.1 Å². The zero-order valence-corrected chi connectivity index (χ0v) is 23.2. The van der Waals surface area contributed by atoms with Crippen molar-refractivity contribution in [2.45, 2.75) is 109 Å². The number of carboxylic acid groups (broad SMARTS) is 1. The highest BCUT2D eigenvalue weighted by atomic mass is 16.5. The van der Waals surface area contributed by atoms with Gasteiger partial charge in [0.15, 0.2) is 0 Å². The van der Waals surface area contributed by atoms with Crippen LogP contribution in [0, 0.1) is 0 Å². The summed E-state index contributed by atoms with van der Waals surface area (Å²) in [5, 5.41) is 8.88. The molecule has 3 unspecified atom stereocenters. The van der Waals surface area contributed by atoms with Crippen LogP contribution in [-0.2, 0) is 27.3 Å². The maximum Gasteiger partial charge on any atom is 0.303 e. The van der Waals surface area contributed by atoms with E-state index in [1.807, 2.05) is 12.4 Å². The number of benzene rings is 1. The van der Waals surface area contributed by atoms with Crippen LogP contribution in [0.15, 0.2) is 42.7 Å². The van der Waals surface area contributed by atoms with E-state index in [0.29, 0.717) is 25.7 Å². The number of nitrogens with zero attached hydrogens (tertiary/aromatic N) is 2. The fraction of sp³-hybridized carbons (Fsp3) is 0.625. The maximum absolute atomic E-state index is 10.8. The molecule has 2 aromatic rings. The number of carbonyl (C=O) groups is 1. The highest BCUT2D eigenvalue weighted by Crippen LogP contribution is 2.32. The van der Waals surface area contributed by atoms with Gasteiger partial charge in [0.05, 0.1) is 18.8 Å². The average molecular weight is 523 g/mol. The molecule has 6 heteroatoms. The van der Waals surface area contributed by atoms with Crippen molar-refractivity contribution in [3.63, 3.8) is 0 Å². The molecule has 1 N–H and O–H groups in total. The van der Waals surface area contributed by atoms with Crippen molar-refractivity contribution in [2.75, 3.05) is 19.7 Å². The molecule has 1 aromatic heterocycles. The summed E-state index contributed by atoms with van der Waals surface area (Å²) in [4.78, 5) is 17.8. The zero-order chi connectivity index (χ0) is 26.6. The molecule has 0 amide bonds. The van der Waals surface area contributed by atoms with Crippen molar-refractivity contribution in [1.29, 1.82) is 0 Å². The van der Waals surface area contributed by atoms with E-state index in [1.54, 1.807) is 0 Å². The number of aromatic nitrogens is 1. The first kappa shape index (κ1) is 28.7. The molecule has 4 rings (SSSR count). The third kappa shape index (κ3) is 8.36. The van der Waals surface area contributed by atoms with E-state index in [0.717, 1.165) is 51.6 Å². The molecule has 3 atom stereocenters. The minimum absolute atomic E-state index is 0.0823. The third-order valence-corrected chi connectivity index (χ3v) is 8.11. The first-order chi connectivity index (χ1) is 18.7. The lowest BCUT2D eigenvalue weighted by atomic mass is 9.98. The van der Waals surface area contributed by atoms with Gasteiger partial charge >= 0.3 is 5.97 Å². The highest BCUT2D eigenvalue weighted by Gasteiger charge is 2.40. The quantitative estimate of drug-likeness (QED) is 0.280. The Bertz CT molecular complexity index is 972. The molecule has 1 aliphatic carbocycles. The summed E-state index contributed by atoms with van der Waals surface area (Å²) >= 11 is 0. The molecule has 6 nitrogen and oxygen atoms in total. The van der Waals surface area contributed by atoms with E-state index in [-0.39, 0.29) is 18.6 Å². The first-order valence-electron chi connectivity index (χ1n) is 14.9. The number of likely N-dealkylation sites (tertiary alicyclic amines) is 1. The molecule has 1 saturated carbocycles. The maximum atomic E-state index is 10.8. The van der Waals surface area contributed by atoms with Crippen molar-refractivity contribution in [1.82, 2.24) is 9.88 Å². The molecule has 1 aliphatic heterocycles. The van der Waals surface area contributed by atoms with Gasteiger partial charge in [-0.3, -0.25) is 14.7 Å². The number of rotatable bonds is 14. The van der Waals surface area contributed by atoms with Gasteiger partial charge in [0.2, 0.25) is 0 Å². The fourth-order valence-corrected chi connectivity index (χ4v) is 6.05. The second kappa shape index (κ2) is 15.3. The molecule has 2 heterocycles. The predicted molar refractivity (Wildman–Crippen MR) is 151 cm³/mol. The Labute approximate surface area is 228 Å². The molecular weight excluding hydrogens is 476 g/mol. The normalized spacial score (nSPS) is 22.4. The standard InChI is InChI=1S/C32H46N2O4/c1-2-10-26-18-19-33-23-28(26)27-14-12-25(13-15-27)24-38-30-17-16-29(34-20-7-3-4-8-21-34)32(30)37-22-9-5-6-11-31(35)36/h12-15,18-19,23,29-30,32H,2-11,16-17,20-22,24H2,1H3,(H,35,36). The van der Waals surface area contributed by atoms with E-state index < -0.39 is 5.97 Å². The summed E-state index contributed by atoms with van der Waals surface area (Å²) < 4.78 is 13.0. The molecule has 1 aromatic carbocycles. The topological polar surface area (TPSA) is 71.9 Å². The predicted octanol–water partition coefficient (Wildman–Crippen LogP) is 6.65. The minimum atomic E-state index is -0.716. The number of aryl methyl sites for hydroxylation is 1. The van der Waals surface area contributed by atoms with E-state index in [4.69, 9.17) is 14.6 Å². The van der Waals surface area contributed by atoms with Crippen LogP contribution in [-0.4, -0.2) is 58.9 Å². The third-order valence-electron chi connectivity index (χ3n) is 8.11. The molecule has 0 radical (unpaired) electrons. The Morgan fingerprint density at radius 2 is 1.79 bits per heavy atom. The van der Waals surface area contributed by atoms with Gasteiger partial charge in [-0.25, -0.2) is 0 Å². The van der Waals surface area contributed by atoms with Crippen molar-refractivity contribution >= 4 is 5.97 Å². The number of hydrogen-bond acceptors (Lipinski definition) is 5. The average Bonchev–Trinajstić information content (AvgIpc) is 3.13. The lowest BCUT2D eigenvalue weighted by Crippen LogP contribution is -2.46. The molecule has 1 saturated heterocycles. The van der Waals surface area contributed by atoms with E-state index in [2.05, 4.69) is 47.1 Å². The second-order valence-corrected chi connectivity index (χ2v) is 11.0. The van der Waals surface area contributed by atoms with Gasteiger partial charge in [-0.2, -0.15) is 0 Å². The number of hydrogen-bond donors (Lipinski definition) is 1. The van der Waals surface area contributed by atoms with Crippen LogP contribution in [0.5, 0.6) is 0 Å². The Morgan fingerprint density at radius 1 is 1.00 bits per heavy atom. The van der Waals surface area contributed by atoms with Gasteiger partial charge in [0.1, 0.15) is 0 Å². The van der Waals surface area contributed by atoms with Gasteiger partial charge in [-0.15, -0.1) is 0 Å². The van der Waals surface area contributed by atoms with Gasteiger partial charge in [0.25, 0.3) is 0 Å². The lowest BCUT2D eigenvalue weighted by Gasteiger charge is -2.33.